The molecule has 2 aliphatic rings. The quantitative estimate of drug-likeness (QED) is 0.433. The number of piperidine rings is 1. The zero-order chi connectivity index (χ0) is 27.9. The molecule has 0 saturated carbocycles. The average Bonchev–Trinajstić information content (AvgIpc) is 2.93. The van der Waals surface area contributed by atoms with Crippen LogP contribution in [0.5, 0.6) is 0 Å². The Morgan fingerprint density at radius 1 is 1.21 bits per heavy atom. The Morgan fingerprint density at radius 3 is 2.59 bits per heavy atom. The third-order valence-electron chi connectivity index (χ3n) is 7.17. The van der Waals surface area contributed by atoms with E-state index >= 15 is 0 Å². The van der Waals surface area contributed by atoms with Gasteiger partial charge in [-0.1, -0.05) is 12.1 Å². The van der Waals surface area contributed by atoms with Gasteiger partial charge in [0.05, 0.1) is 18.4 Å². The van der Waals surface area contributed by atoms with Crippen LogP contribution in [-0.2, 0) is 14.3 Å². The third-order valence-corrected chi connectivity index (χ3v) is 7.17. The van der Waals surface area contributed by atoms with Crippen molar-refractivity contribution in [3.8, 4) is 0 Å². The molecule has 1 aromatic heterocycles. The van der Waals surface area contributed by atoms with E-state index in [1.165, 1.54) is 13.2 Å². The van der Waals surface area contributed by atoms with Crippen molar-refractivity contribution < 1.29 is 33.0 Å². The van der Waals surface area contributed by atoms with Gasteiger partial charge in [-0.3, -0.25) is 19.6 Å². The molecule has 2 aromatic rings. The number of hydrogen-bond acceptors (Lipinski definition) is 6. The molecule has 10 nitrogen and oxygen atoms in total. The summed E-state index contributed by atoms with van der Waals surface area (Å²) >= 11 is 0. The topological polar surface area (TPSA) is 116 Å². The van der Waals surface area contributed by atoms with E-state index in [9.17, 15) is 28.3 Å². The van der Waals surface area contributed by atoms with Crippen LogP contribution in [0.1, 0.15) is 42.5 Å². The molecule has 1 aromatic carbocycles. The van der Waals surface area contributed by atoms with Crippen molar-refractivity contribution in [1.29, 1.82) is 0 Å². The van der Waals surface area contributed by atoms with Crippen molar-refractivity contribution in [1.82, 2.24) is 19.9 Å². The second-order valence-electron chi connectivity index (χ2n) is 9.59. The Morgan fingerprint density at radius 2 is 1.97 bits per heavy atom. The van der Waals surface area contributed by atoms with Crippen LogP contribution >= 0.6 is 0 Å². The lowest BCUT2D eigenvalue weighted by Crippen LogP contribution is -2.55. The maximum Gasteiger partial charge on any atom is 0.363 e. The van der Waals surface area contributed by atoms with Gasteiger partial charge in [0.1, 0.15) is 5.92 Å². The highest BCUT2D eigenvalue weighted by Gasteiger charge is 2.46. The molecule has 0 spiro atoms. The molecule has 39 heavy (non-hydrogen) atoms. The highest BCUT2D eigenvalue weighted by Crippen LogP contribution is 2.36. The van der Waals surface area contributed by atoms with Crippen molar-refractivity contribution in [2.75, 3.05) is 39.9 Å². The maximum atomic E-state index is 14.2. The predicted molar refractivity (Wildman–Crippen MR) is 137 cm³/mol. The van der Waals surface area contributed by atoms with Crippen LogP contribution in [-0.4, -0.2) is 89.0 Å². The summed E-state index contributed by atoms with van der Waals surface area (Å²) in [5, 5.41) is 12.0. The maximum absolute atomic E-state index is 14.2. The number of hydrogen-bond donors (Lipinski definition) is 1. The number of ether oxygens (including phenoxy) is 1. The number of carbonyl (C=O) groups is 3. The second-order valence-corrected chi connectivity index (χ2v) is 9.59. The molecule has 1 saturated heterocycles. The number of aliphatic imine (C=N–C) groups is 1. The predicted octanol–water partition coefficient (Wildman–Crippen LogP) is 3.27. The summed E-state index contributed by atoms with van der Waals surface area (Å²) in [5.41, 5.74) is 1.02. The largest absolute Gasteiger partial charge is 0.481 e. The summed E-state index contributed by atoms with van der Waals surface area (Å²) < 4.78 is 32.9. The lowest BCUT2D eigenvalue weighted by Gasteiger charge is -2.42. The van der Waals surface area contributed by atoms with Crippen LogP contribution in [0.25, 0.3) is 0 Å². The number of methoxy groups -OCH3 is 1. The minimum absolute atomic E-state index is 0.0154. The van der Waals surface area contributed by atoms with Crippen molar-refractivity contribution in [2.24, 2.45) is 10.9 Å². The van der Waals surface area contributed by atoms with E-state index in [1.54, 1.807) is 6.20 Å². The van der Waals surface area contributed by atoms with Gasteiger partial charge in [-0.25, -0.2) is 18.6 Å². The van der Waals surface area contributed by atoms with Crippen molar-refractivity contribution in [2.45, 2.75) is 31.2 Å². The molecular weight excluding hydrogens is 512 g/mol. The Bertz CT molecular complexity index is 1210. The Balaban J connectivity index is 1.49. The number of benzene rings is 1. The average molecular weight is 544 g/mol. The first-order chi connectivity index (χ1) is 18.8. The number of pyridine rings is 1. The molecule has 0 bridgehead atoms. The van der Waals surface area contributed by atoms with Crippen LogP contribution in [0.2, 0.25) is 0 Å². The van der Waals surface area contributed by atoms with Gasteiger partial charge in [-0.15, -0.1) is 0 Å². The van der Waals surface area contributed by atoms with E-state index in [-0.39, 0.29) is 24.4 Å². The number of rotatable bonds is 11. The molecule has 2 atom stereocenters. The lowest BCUT2D eigenvalue weighted by molar-refractivity contribution is -0.147. The Kier molecular flexibility index (Phi) is 9.31. The zero-order valence-electron chi connectivity index (χ0n) is 21.6. The number of amides is 3. The van der Waals surface area contributed by atoms with Gasteiger partial charge in [0.2, 0.25) is 6.41 Å². The molecule has 4 rings (SSSR count). The number of aliphatic carboxylic acids is 1. The van der Waals surface area contributed by atoms with Gasteiger partial charge in [0, 0.05) is 31.5 Å². The van der Waals surface area contributed by atoms with Crippen molar-refractivity contribution in [3.05, 3.63) is 65.5 Å². The third kappa shape index (κ3) is 6.45. The highest BCUT2D eigenvalue weighted by molar-refractivity contribution is 6.09. The number of aromatic nitrogens is 1. The van der Waals surface area contributed by atoms with Gasteiger partial charge in [0.15, 0.2) is 11.6 Å². The summed E-state index contributed by atoms with van der Waals surface area (Å²) in [5.74, 6) is -4.72. The van der Waals surface area contributed by atoms with Crippen LogP contribution < -0.4 is 0 Å². The number of hydrazine groups is 1. The van der Waals surface area contributed by atoms with E-state index in [0.717, 1.165) is 53.8 Å². The zero-order valence-corrected chi connectivity index (χ0v) is 21.6. The summed E-state index contributed by atoms with van der Waals surface area (Å²) in [4.78, 5) is 48.2. The number of urea groups is 1. The van der Waals surface area contributed by atoms with Gasteiger partial charge in [-0.2, -0.15) is 4.99 Å². The summed E-state index contributed by atoms with van der Waals surface area (Å²) in [6, 6.07) is 6.56. The number of carboxylic acid groups (broad SMARTS) is 1. The molecule has 1 fully saturated rings. The standard InChI is InChI=1S/C27H31F2N5O5/c1-39-16-23-24(26(36)37)25(19-6-7-20(28)21(29)15-19)34(27(38)31-23)33(17-35)12-4-11-32-13-8-18(9-14-32)22-5-2-3-10-30-22/h2-3,5-7,10,15,17-18,24-25H,4,8-9,11-14,16H2,1H3,(H,36,37). The van der Waals surface area contributed by atoms with Gasteiger partial charge in [-0.05, 0) is 68.7 Å². The highest BCUT2D eigenvalue weighted by atomic mass is 19.2. The molecular formula is C27H31F2N5O5. The number of carboxylic acids is 1. The fraction of sp³-hybridized carbons (Fsp3) is 0.444. The molecule has 12 heteroatoms. The van der Waals surface area contributed by atoms with Crippen LogP contribution in [0.4, 0.5) is 13.6 Å². The van der Waals surface area contributed by atoms with E-state index in [2.05, 4.69) is 14.9 Å². The Hall–Kier alpha value is -3.77. The number of nitrogens with zero attached hydrogens (tertiary/aromatic N) is 5. The van der Waals surface area contributed by atoms with Crippen molar-refractivity contribution in [3.63, 3.8) is 0 Å². The fourth-order valence-electron chi connectivity index (χ4n) is 5.27. The molecule has 0 aliphatic carbocycles. The fourth-order valence-corrected chi connectivity index (χ4v) is 5.27. The number of carbonyl (C=O) groups excluding carboxylic acids is 2. The van der Waals surface area contributed by atoms with Crippen LogP contribution in [0, 0.1) is 17.6 Å². The first-order valence-corrected chi connectivity index (χ1v) is 12.8. The Labute approximate surface area is 224 Å². The van der Waals surface area contributed by atoms with Gasteiger partial charge in [0.25, 0.3) is 0 Å². The minimum atomic E-state index is -1.44. The molecule has 3 heterocycles. The minimum Gasteiger partial charge on any atom is -0.481 e. The molecule has 2 unspecified atom stereocenters. The first kappa shape index (κ1) is 28.2. The van der Waals surface area contributed by atoms with Crippen LogP contribution in [0.3, 0.4) is 0 Å². The first-order valence-electron chi connectivity index (χ1n) is 12.8. The molecule has 208 valence electrons. The van der Waals surface area contributed by atoms with E-state index in [0.29, 0.717) is 25.3 Å². The van der Waals surface area contributed by atoms with Crippen molar-refractivity contribution >= 4 is 24.1 Å². The van der Waals surface area contributed by atoms with Crippen LogP contribution in [0.15, 0.2) is 47.6 Å². The SMILES string of the molecule is COCC1=NC(=O)N(N(C=O)CCCN2CCC(c3ccccn3)CC2)C(c2ccc(F)c(F)c2)C1C(=O)O. The summed E-state index contributed by atoms with van der Waals surface area (Å²) in [6.07, 6.45) is 4.62. The molecule has 3 amide bonds. The summed E-state index contributed by atoms with van der Waals surface area (Å²) in [6.45, 7) is 2.20. The smallest absolute Gasteiger partial charge is 0.363 e. The lowest BCUT2D eigenvalue weighted by atomic mass is 9.87. The van der Waals surface area contributed by atoms with E-state index in [4.69, 9.17) is 4.74 Å². The van der Waals surface area contributed by atoms with Gasteiger partial charge >= 0.3 is 12.0 Å². The normalized spacial score (nSPS) is 20.5. The summed E-state index contributed by atoms with van der Waals surface area (Å²) in [7, 11) is 1.32. The monoisotopic (exact) mass is 543 g/mol. The molecule has 1 N–H and O–H groups in total. The van der Waals surface area contributed by atoms with Gasteiger partial charge < -0.3 is 14.7 Å². The number of halogens is 2. The number of likely N-dealkylation sites (tertiary alicyclic amines) is 1. The van der Waals surface area contributed by atoms with E-state index < -0.39 is 35.6 Å². The molecule has 0 radical (unpaired) electrons. The van der Waals surface area contributed by atoms with E-state index in [1.807, 2.05) is 18.2 Å². The second kappa shape index (κ2) is 12.9. The molecule has 2 aliphatic heterocycles.